The largest absolute Gasteiger partial charge is 0.297 e. The van der Waals surface area contributed by atoms with Crippen molar-refractivity contribution in [2.75, 3.05) is 18.6 Å². The normalized spacial score (nSPS) is 12.8. The fraction of sp³-hybridized carbons (Fsp3) is 0.538. The Morgan fingerprint density at radius 1 is 0.806 bits per heavy atom. The molecule has 0 saturated heterocycles. The number of sulfone groups is 1. The van der Waals surface area contributed by atoms with E-state index in [0.29, 0.717) is 12.5 Å². The van der Waals surface area contributed by atoms with Gasteiger partial charge in [0.15, 0.2) is 0 Å². The third kappa shape index (κ3) is 9.55. The lowest BCUT2D eigenvalue weighted by molar-refractivity contribution is 0.118. The molecule has 172 valence electrons. The van der Waals surface area contributed by atoms with Crippen LogP contribution in [0.1, 0.15) is 57.7 Å². The van der Waals surface area contributed by atoms with Crippen LogP contribution in [0.2, 0.25) is 0 Å². The smallest absolute Gasteiger partial charge is 0.147 e. The third-order valence-corrected chi connectivity index (χ3v) is 6.67. The lowest BCUT2D eigenvalue weighted by Crippen LogP contribution is -2.40. The van der Waals surface area contributed by atoms with E-state index in [9.17, 15) is 8.42 Å². The maximum Gasteiger partial charge on any atom is 0.147 e. The minimum atomic E-state index is -2.90. The highest BCUT2D eigenvalue weighted by atomic mass is 32.2. The first-order valence-corrected chi connectivity index (χ1v) is 13.3. The highest BCUT2D eigenvalue weighted by molar-refractivity contribution is 7.90. The molecule has 0 aliphatic carbocycles. The highest BCUT2D eigenvalue weighted by Gasteiger charge is 2.21. The molecule has 31 heavy (non-hydrogen) atoms. The van der Waals surface area contributed by atoms with Gasteiger partial charge in [0.25, 0.3) is 0 Å². The molecule has 0 aliphatic rings. The van der Waals surface area contributed by atoms with E-state index >= 15 is 0 Å². The average molecular weight is 445 g/mol. The monoisotopic (exact) mass is 444 g/mol. The van der Waals surface area contributed by atoms with Gasteiger partial charge in [-0.3, -0.25) is 9.80 Å². The van der Waals surface area contributed by atoms with Gasteiger partial charge in [-0.15, -0.1) is 0 Å². The predicted molar refractivity (Wildman–Crippen MR) is 132 cm³/mol. The number of rotatable bonds is 11. The van der Waals surface area contributed by atoms with Gasteiger partial charge in [0, 0.05) is 37.5 Å². The first-order valence-electron chi connectivity index (χ1n) is 11.2. The Morgan fingerprint density at radius 2 is 1.29 bits per heavy atom. The van der Waals surface area contributed by atoms with E-state index in [1.165, 1.54) is 22.9 Å². The Kier molecular flexibility index (Phi) is 9.28. The molecule has 5 heteroatoms. The van der Waals surface area contributed by atoms with Crippen LogP contribution in [-0.4, -0.2) is 48.4 Å². The zero-order valence-corrected chi connectivity index (χ0v) is 21.0. The van der Waals surface area contributed by atoms with Gasteiger partial charge >= 0.3 is 0 Å². The molecule has 0 N–H and O–H groups in total. The van der Waals surface area contributed by atoms with Crippen LogP contribution in [0.4, 0.5) is 0 Å². The fourth-order valence-electron chi connectivity index (χ4n) is 3.59. The lowest BCUT2D eigenvalue weighted by Gasteiger charge is -2.36. The summed E-state index contributed by atoms with van der Waals surface area (Å²) in [6, 6.07) is 19.9. The summed E-state index contributed by atoms with van der Waals surface area (Å²) in [5, 5.41) is 0. The zero-order chi connectivity index (χ0) is 23.1. The quantitative estimate of drug-likeness (QED) is 0.482. The standard InChI is InChI=1S/C26H40N2O2S/c1-22(2)27(17-10-18-31(6,29)30)19-24-13-15-25(16-14-24)21-28(26(3,4)5)20-23-11-8-7-9-12-23/h7-9,11-16,22H,10,17-21H2,1-6H3. The topological polar surface area (TPSA) is 40.6 Å². The van der Waals surface area contributed by atoms with Crippen molar-refractivity contribution >= 4 is 9.84 Å². The number of hydrogen-bond acceptors (Lipinski definition) is 4. The summed E-state index contributed by atoms with van der Waals surface area (Å²) >= 11 is 0. The first-order chi connectivity index (χ1) is 14.4. The van der Waals surface area contributed by atoms with Crippen LogP contribution in [0.3, 0.4) is 0 Å². The van der Waals surface area contributed by atoms with Crippen molar-refractivity contribution in [2.24, 2.45) is 0 Å². The molecule has 0 unspecified atom stereocenters. The van der Waals surface area contributed by atoms with Crippen LogP contribution in [0.15, 0.2) is 54.6 Å². The van der Waals surface area contributed by atoms with E-state index in [4.69, 9.17) is 0 Å². The highest BCUT2D eigenvalue weighted by Crippen LogP contribution is 2.21. The Labute approximate surface area is 190 Å². The second-order valence-corrected chi connectivity index (χ2v) is 12.1. The van der Waals surface area contributed by atoms with Crippen LogP contribution in [0.25, 0.3) is 0 Å². The van der Waals surface area contributed by atoms with Crippen molar-refractivity contribution in [3.8, 4) is 0 Å². The van der Waals surface area contributed by atoms with Crippen LogP contribution in [0, 0.1) is 0 Å². The number of nitrogens with zero attached hydrogens (tertiary/aromatic N) is 2. The van der Waals surface area contributed by atoms with E-state index in [-0.39, 0.29) is 11.3 Å². The van der Waals surface area contributed by atoms with E-state index < -0.39 is 9.84 Å². The van der Waals surface area contributed by atoms with Gasteiger partial charge in [-0.1, -0.05) is 54.6 Å². The number of hydrogen-bond donors (Lipinski definition) is 0. The van der Waals surface area contributed by atoms with Gasteiger partial charge < -0.3 is 0 Å². The van der Waals surface area contributed by atoms with Crippen LogP contribution >= 0.6 is 0 Å². The van der Waals surface area contributed by atoms with Gasteiger partial charge in [0.2, 0.25) is 0 Å². The molecule has 0 radical (unpaired) electrons. The summed E-state index contributed by atoms with van der Waals surface area (Å²) in [6.07, 6.45) is 1.99. The summed E-state index contributed by atoms with van der Waals surface area (Å²) in [4.78, 5) is 4.85. The van der Waals surface area contributed by atoms with Crippen molar-refractivity contribution in [1.82, 2.24) is 9.80 Å². The lowest BCUT2D eigenvalue weighted by atomic mass is 10.0. The van der Waals surface area contributed by atoms with Gasteiger partial charge in [0.05, 0.1) is 5.75 Å². The van der Waals surface area contributed by atoms with Crippen molar-refractivity contribution < 1.29 is 8.42 Å². The Bertz CT molecular complexity index is 885. The SMILES string of the molecule is CC(C)N(CCCS(C)(=O)=O)Cc1ccc(CN(Cc2ccccc2)C(C)(C)C)cc1. The maximum atomic E-state index is 11.4. The molecule has 0 aromatic heterocycles. The fourth-order valence-corrected chi connectivity index (χ4v) is 4.24. The number of benzene rings is 2. The van der Waals surface area contributed by atoms with E-state index in [2.05, 4.69) is 99.0 Å². The van der Waals surface area contributed by atoms with Gasteiger partial charge in [-0.05, 0) is 64.3 Å². The molecule has 2 rings (SSSR count). The van der Waals surface area contributed by atoms with Crippen molar-refractivity contribution in [1.29, 1.82) is 0 Å². The minimum absolute atomic E-state index is 0.0720. The first kappa shape index (κ1) is 25.6. The molecular formula is C26H40N2O2S. The van der Waals surface area contributed by atoms with E-state index in [0.717, 1.165) is 26.2 Å². The van der Waals surface area contributed by atoms with E-state index in [1.807, 2.05) is 0 Å². The van der Waals surface area contributed by atoms with Crippen molar-refractivity contribution in [3.63, 3.8) is 0 Å². The molecule has 0 bridgehead atoms. The van der Waals surface area contributed by atoms with Crippen LogP contribution in [-0.2, 0) is 29.5 Å². The second-order valence-electron chi connectivity index (χ2n) is 9.88. The summed E-state index contributed by atoms with van der Waals surface area (Å²) in [5.74, 6) is 0.249. The van der Waals surface area contributed by atoms with Gasteiger partial charge in [-0.2, -0.15) is 0 Å². The summed E-state index contributed by atoms with van der Waals surface area (Å²) in [5.41, 5.74) is 3.98. The molecule has 0 aliphatic heterocycles. The average Bonchev–Trinajstić information content (AvgIpc) is 2.67. The Hall–Kier alpha value is -1.69. The summed E-state index contributed by atoms with van der Waals surface area (Å²) < 4.78 is 22.9. The second kappa shape index (κ2) is 11.3. The van der Waals surface area contributed by atoms with Gasteiger partial charge in [-0.25, -0.2) is 8.42 Å². The molecule has 0 atom stereocenters. The Morgan fingerprint density at radius 3 is 1.74 bits per heavy atom. The molecular weight excluding hydrogens is 404 g/mol. The predicted octanol–water partition coefficient (Wildman–Crippen LogP) is 5.13. The summed E-state index contributed by atoms with van der Waals surface area (Å²) in [7, 11) is -2.90. The molecule has 0 amide bonds. The van der Waals surface area contributed by atoms with Crippen LogP contribution < -0.4 is 0 Å². The third-order valence-electron chi connectivity index (χ3n) is 5.64. The zero-order valence-electron chi connectivity index (χ0n) is 20.1. The molecule has 0 saturated carbocycles. The minimum Gasteiger partial charge on any atom is -0.297 e. The van der Waals surface area contributed by atoms with Crippen molar-refractivity contribution in [2.45, 2.75) is 72.3 Å². The van der Waals surface area contributed by atoms with Crippen molar-refractivity contribution in [3.05, 3.63) is 71.3 Å². The molecule has 0 fully saturated rings. The Balaban J connectivity index is 2.01. The van der Waals surface area contributed by atoms with E-state index in [1.54, 1.807) is 0 Å². The molecule has 0 heterocycles. The van der Waals surface area contributed by atoms with Crippen LogP contribution in [0.5, 0.6) is 0 Å². The molecule has 0 spiro atoms. The molecule has 4 nitrogen and oxygen atoms in total. The summed E-state index contributed by atoms with van der Waals surface area (Å²) in [6.45, 7) is 14.6. The molecule has 2 aromatic carbocycles. The molecule has 2 aromatic rings. The van der Waals surface area contributed by atoms with Gasteiger partial charge in [0.1, 0.15) is 9.84 Å². The maximum absolute atomic E-state index is 11.4.